The molecular weight excluding hydrogens is 278 g/mol. The van der Waals surface area contributed by atoms with Gasteiger partial charge in [0.05, 0.1) is 5.69 Å². The molecule has 2 N–H and O–H groups in total. The van der Waals surface area contributed by atoms with Crippen LogP contribution < -0.4 is 9.62 Å². The van der Waals surface area contributed by atoms with E-state index in [0.717, 1.165) is 19.4 Å². The predicted octanol–water partition coefficient (Wildman–Crippen LogP) is 0.511. The zero-order valence-electron chi connectivity index (χ0n) is 11.2. The fraction of sp³-hybridized carbons (Fsp3) is 0.538. The Labute approximate surface area is 119 Å². The van der Waals surface area contributed by atoms with E-state index in [1.54, 1.807) is 16.4 Å². The summed E-state index contributed by atoms with van der Waals surface area (Å²) in [4.78, 5) is 0. The van der Waals surface area contributed by atoms with Crippen LogP contribution in [0, 0.1) is 0 Å². The van der Waals surface area contributed by atoms with Gasteiger partial charge >= 0.3 is 10.2 Å². The van der Waals surface area contributed by atoms with Crippen molar-refractivity contribution in [3.8, 4) is 5.75 Å². The molecule has 7 heteroatoms. The molecule has 0 aliphatic carbocycles. The number of benzene rings is 1. The molecule has 1 aromatic carbocycles. The number of anilines is 1. The minimum atomic E-state index is -3.44. The zero-order chi connectivity index (χ0) is 14.2. The highest BCUT2D eigenvalue weighted by Crippen LogP contribution is 2.27. The second kappa shape index (κ2) is 5.23. The van der Waals surface area contributed by atoms with Gasteiger partial charge in [-0.05, 0) is 43.7 Å². The van der Waals surface area contributed by atoms with Gasteiger partial charge in [-0.25, -0.2) is 0 Å². The van der Waals surface area contributed by atoms with Gasteiger partial charge in [0.15, 0.2) is 0 Å². The molecule has 2 fully saturated rings. The van der Waals surface area contributed by atoms with Crippen molar-refractivity contribution in [1.29, 1.82) is 0 Å². The maximum Gasteiger partial charge on any atom is 0.304 e. The molecule has 2 saturated heterocycles. The minimum Gasteiger partial charge on any atom is -0.508 e. The standard InChI is InChI=1S/C13H19N3O3S/c17-13-5-3-12(4-6-13)16-9-8-15(20(16,18)19)10-11-2-1-7-14-11/h3-6,11,14,17H,1-2,7-10H2. The Balaban J connectivity index is 1.76. The second-order valence-electron chi connectivity index (χ2n) is 5.25. The summed E-state index contributed by atoms with van der Waals surface area (Å²) in [7, 11) is -3.44. The Morgan fingerprint density at radius 3 is 2.65 bits per heavy atom. The lowest BCUT2D eigenvalue weighted by Gasteiger charge is -2.22. The molecule has 0 amide bonds. The smallest absolute Gasteiger partial charge is 0.304 e. The van der Waals surface area contributed by atoms with Crippen molar-refractivity contribution in [2.75, 3.05) is 30.5 Å². The molecule has 1 atom stereocenters. The average Bonchev–Trinajstić information content (AvgIpc) is 3.01. The number of nitrogens with zero attached hydrogens (tertiary/aromatic N) is 2. The number of nitrogens with one attached hydrogen (secondary N) is 1. The van der Waals surface area contributed by atoms with E-state index in [0.29, 0.717) is 25.3 Å². The largest absolute Gasteiger partial charge is 0.508 e. The van der Waals surface area contributed by atoms with E-state index in [1.807, 2.05) is 0 Å². The summed E-state index contributed by atoms with van der Waals surface area (Å²) in [5, 5.41) is 12.6. The summed E-state index contributed by atoms with van der Waals surface area (Å²) in [6.45, 7) is 2.48. The zero-order valence-corrected chi connectivity index (χ0v) is 12.0. The van der Waals surface area contributed by atoms with Gasteiger partial charge < -0.3 is 10.4 Å². The van der Waals surface area contributed by atoms with Crippen LogP contribution in [0.4, 0.5) is 5.69 Å². The number of rotatable bonds is 3. The number of hydrogen-bond donors (Lipinski definition) is 2. The molecular formula is C13H19N3O3S. The van der Waals surface area contributed by atoms with E-state index in [4.69, 9.17) is 0 Å². The van der Waals surface area contributed by atoms with Gasteiger partial charge in [0.25, 0.3) is 0 Å². The van der Waals surface area contributed by atoms with Crippen LogP contribution in [0.15, 0.2) is 24.3 Å². The highest BCUT2D eigenvalue weighted by atomic mass is 32.2. The van der Waals surface area contributed by atoms with Crippen LogP contribution in [-0.2, 0) is 10.2 Å². The molecule has 0 saturated carbocycles. The van der Waals surface area contributed by atoms with Gasteiger partial charge in [-0.3, -0.25) is 4.31 Å². The van der Waals surface area contributed by atoms with E-state index in [9.17, 15) is 13.5 Å². The first-order chi connectivity index (χ1) is 9.57. The van der Waals surface area contributed by atoms with E-state index in [-0.39, 0.29) is 11.8 Å². The first kappa shape index (κ1) is 13.7. The number of phenolic OH excluding ortho intramolecular Hbond substituents is 1. The van der Waals surface area contributed by atoms with Gasteiger partial charge in [0.1, 0.15) is 5.75 Å². The monoisotopic (exact) mass is 297 g/mol. The summed E-state index contributed by atoms with van der Waals surface area (Å²) < 4.78 is 28.0. The van der Waals surface area contributed by atoms with E-state index in [2.05, 4.69) is 5.32 Å². The van der Waals surface area contributed by atoms with Crippen LogP contribution in [0.5, 0.6) is 5.75 Å². The van der Waals surface area contributed by atoms with E-state index in [1.165, 1.54) is 16.4 Å². The summed E-state index contributed by atoms with van der Waals surface area (Å²) in [6, 6.07) is 6.54. The van der Waals surface area contributed by atoms with Crippen LogP contribution >= 0.6 is 0 Å². The van der Waals surface area contributed by atoms with Crippen molar-refractivity contribution in [2.45, 2.75) is 18.9 Å². The molecule has 2 heterocycles. The molecule has 0 spiro atoms. The molecule has 110 valence electrons. The molecule has 0 bridgehead atoms. The Hall–Kier alpha value is -1.31. The Bertz CT molecular complexity index is 567. The summed E-state index contributed by atoms with van der Waals surface area (Å²) in [5.74, 6) is 0.136. The maximum atomic E-state index is 12.5. The van der Waals surface area contributed by atoms with Crippen molar-refractivity contribution < 1.29 is 13.5 Å². The predicted molar refractivity (Wildman–Crippen MR) is 77.0 cm³/mol. The SMILES string of the molecule is O=S1(=O)N(CC2CCCN2)CCN1c1ccc(O)cc1. The first-order valence-electron chi connectivity index (χ1n) is 6.87. The summed E-state index contributed by atoms with van der Waals surface area (Å²) >= 11 is 0. The lowest BCUT2D eigenvalue weighted by atomic mass is 10.2. The number of aromatic hydroxyl groups is 1. The van der Waals surface area contributed by atoms with Crippen molar-refractivity contribution in [2.24, 2.45) is 0 Å². The Morgan fingerprint density at radius 2 is 2.00 bits per heavy atom. The molecule has 2 aliphatic heterocycles. The van der Waals surface area contributed by atoms with Crippen LogP contribution in [0.2, 0.25) is 0 Å². The lowest BCUT2D eigenvalue weighted by molar-refractivity contribution is 0.398. The van der Waals surface area contributed by atoms with Crippen molar-refractivity contribution in [1.82, 2.24) is 9.62 Å². The van der Waals surface area contributed by atoms with Crippen LogP contribution in [0.25, 0.3) is 0 Å². The molecule has 20 heavy (non-hydrogen) atoms. The highest BCUT2D eigenvalue weighted by Gasteiger charge is 2.38. The quantitative estimate of drug-likeness (QED) is 0.853. The third kappa shape index (κ3) is 2.48. The molecule has 1 unspecified atom stereocenters. The third-order valence-corrected chi connectivity index (χ3v) is 5.82. The van der Waals surface area contributed by atoms with Gasteiger partial charge in [0, 0.05) is 25.7 Å². The topological polar surface area (TPSA) is 72.9 Å². The summed E-state index contributed by atoms with van der Waals surface area (Å²) in [5.41, 5.74) is 0.602. The maximum absolute atomic E-state index is 12.5. The van der Waals surface area contributed by atoms with Crippen LogP contribution in [-0.4, -0.2) is 50.1 Å². The molecule has 0 aromatic heterocycles. The summed E-state index contributed by atoms with van der Waals surface area (Å²) in [6.07, 6.45) is 2.14. The van der Waals surface area contributed by atoms with E-state index >= 15 is 0 Å². The lowest BCUT2D eigenvalue weighted by Crippen LogP contribution is -2.40. The van der Waals surface area contributed by atoms with Gasteiger partial charge in [-0.15, -0.1) is 0 Å². The van der Waals surface area contributed by atoms with Gasteiger partial charge in [-0.2, -0.15) is 12.7 Å². The third-order valence-electron chi connectivity index (χ3n) is 3.88. The molecule has 6 nitrogen and oxygen atoms in total. The average molecular weight is 297 g/mol. The molecule has 1 aromatic rings. The Morgan fingerprint density at radius 1 is 1.25 bits per heavy atom. The van der Waals surface area contributed by atoms with Crippen LogP contribution in [0.3, 0.4) is 0 Å². The minimum absolute atomic E-state index is 0.136. The fourth-order valence-corrected chi connectivity index (χ4v) is 4.46. The fourth-order valence-electron chi connectivity index (χ4n) is 2.80. The molecule has 2 aliphatic rings. The first-order valence-corrected chi connectivity index (χ1v) is 8.27. The number of hydrogen-bond acceptors (Lipinski definition) is 4. The number of phenols is 1. The van der Waals surface area contributed by atoms with Crippen molar-refractivity contribution >= 4 is 15.9 Å². The highest BCUT2D eigenvalue weighted by molar-refractivity contribution is 7.90. The van der Waals surface area contributed by atoms with Crippen molar-refractivity contribution in [3.63, 3.8) is 0 Å². The van der Waals surface area contributed by atoms with E-state index < -0.39 is 10.2 Å². The Kier molecular flexibility index (Phi) is 3.57. The van der Waals surface area contributed by atoms with Gasteiger partial charge in [-0.1, -0.05) is 0 Å². The van der Waals surface area contributed by atoms with Crippen LogP contribution in [0.1, 0.15) is 12.8 Å². The molecule has 3 rings (SSSR count). The van der Waals surface area contributed by atoms with Crippen molar-refractivity contribution in [3.05, 3.63) is 24.3 Å². The molecule has 0 radical (unpaired) electrons. The van der Waals surface area contributed by atoms with Gasteiger partial charge in [0.2, 0.25) is 0 Å². The second-order valence-corrected chi connectivity index (χ2v) is 7.10. The normalized spacial score (nSPS) is 26.2.